The van der Waals surface area contributed by atoms with Crippen molar-refractivity contribution in [3.63, 3.8) is 0 Å². The number of nitrogens with zero attached hydrogens (tertiary/aromatic N) is 1. The van der Waals surface area contributed by atoms with Crippen LogP contribution >= 0.6 is 15.9 Å². The topological polar surface area (TPSA) is 64.4 Å². The molecule has 104 valence electrons. The second-order valence-corrected chi connectivity index (χ2v) is 5.06. The number of rotatable bonds is 7. The van der Waals surface area contributed by atoms with Crippen molar-refractivity contribution in [1.29, 1.82) is 0 Å². The predicted octanol–water partition coefficient (Wildman–Crippen LogP) is 3.21. The Hall–Kier alpha value is -1.40. The molecule has 1 rings (SSSR count). The molecule has 0 amide bonds. The van der Waals surface area contributed by atoms with Gasteiger partial charge in [0.25, 0.3) is 0 Å². The van der Waals surface area contributed by atoms with E-state index in [9.17, 15) is 10.1 Å². The maximum absolute atomic E-state index is 11.0. The second-order valence-electron chi connectivity index (χ2n) is 4.15. The molecule has 1 aromatic carbocycles. The van der Waals surface area contributed by atoms with Gasteiger partial charge < -0.3 is 10.1 Å². The van der Waals surface area contributed by atoms with Gasteiger partial charge >= 0.3 is 5.69 Å². The lowest BCUT2D eigenvalue weighted by Crippen LogP contribution is -2.19. The molecule has 0 aliphatic rings. The minimum absolute atomic E-state index is 0.0388. The lowest BCUT2D eigenvalue weighted by Gasteiger charge is -2.11. The summed E-state index contributed by atoms with van der Waals surface area (Å²) in [6.45, 7) is 9.38. The Kier molecular flexibility index (Phi) is 5.98. The number of likely N-dealkylation sites (N-methyl/N-ethyl adjacent to an activating group) is 1. The van der Waals surface area contributed by atoms with E-state index in [-0.39, 0.29) is 12.3 Å². The molecule has 6 heteroatoms. The molecule has 0 atom stereocenters. The molecular formula is C13H17BrN2O3. The maximum Gasteiger partial charge on any atom is 0.312 e. The lowest BCUT2D eigenvalue weighted by atomic mass is 10.2. The van der Waals surface area contributed by atoms with E-state index in [1.165, 1.54) is 6.07 Å². The summed E-state index contributed by atoms with van der Waals surface area (Å²) in [4.78, 5) is 10.6. The zero-order valence-corrected chi connectivity index (χ0v) is 12.6. The molecule has 1 aromatic rings. The fraction of sp³-hybridized carbons (Fsp3) is 0.385. The number of ether oxygens (including phenoxy) is 1. The van der Waals surface area contributed by atoms with E-state index in [1.54, 1.807) is 13.0 Å². The van der Waals surface area contributed by atoms with Crippen LogP contribution in [0.5, 0.6) is 5.75 Å². The van der Waals surface area contributed by atoms with Crippen LogP contribution in [0, 0.1) is 17.0 Å². The number of halogens is 1. The summed E-state index contributed by atoms with van der Waals surface area (Å²) in [6.07, 6.45) is 0. The highest BCUT2D eigenvalue weighted by Gasteiger charge is 2.19. The van der Waals surface area contributed by atoms with Crippen LogP contribution in [-0.2, 0) is 0 Å². The van der Waals surface area contributed by atoms with Crippen LogP contribution in [0.3, 0.4) is 0 Å². The van der Waals surface area contributed by atoms with Gasteiger partial charge in [-0.25, -0.2) is 0 Å². The zero-order valence-electron chi connectivity index (χ0n) is 11.0. The van der Waals surface area contributed by atoms with Crippen molar-refractivity contribution < 1.29 is 9.66 Å². The first-order valence-corrected chi connectivity index (χ1v) is 6.69. The number of nitro groups is 1. The zero-order chi connectivity index (χ0) is 14.4. The normalized spacial score (nSPS) is 10.3. The number of nitrogens with one attached hydrogen (secondary N) is 1. The first-order valence-electron chi connectivity index (χ1n) is 5.90. The molecular weight excluding hydrogens is 312 g/mol. The molecule has 0 radical (unpaired) electrons. The summed E-state index contributed by atoms with van der Waals surface area (Å²) in [5, 5.41) is 14.1. The van der Waals surface area contributed by atoms with Gasteiger partial charge in [-0.2, -0.15) is 0 Å². The van der Waals surface area contributed by atoms with Gasteiger partial charge in [0.2, 0.25) is 0 Å². The largest absolute Gasteiger partial charge is 0.482 e. The smallest absolute Gasteiger partial charge is 0.312 e. The molecule has 5 nitrogen and oxygen atoms in total. The predicted molar refractivity (Wildman–Crippen MR) is 78.7 cm³/mol. The van der Waals surface area contributed by atoms with Crippen molar-refractivity contribution in [3.8, 4) is 5.75 Å². The third kappa shape index (κ3) is 4.65. The molecule has 0 aliphatic carbocycles. The number of hydrogen-bond acceptors (Lipinski definition) is 4. The summed E-state index contributed by atoms with van der Waals surface area (Å²) in [7, 11) is 0. The molecule has 0 aliphatic heterocycles. The van der Waals surface area contributed by atoms with E-state index in [0.717, 1.165) is 17.7 Å². The quantitative estimate of drug-likeness (QED) is 0.474. The molecule has 0 saturated carbocycles. The van der Waals surface area contributed by atoms with Gasteiger partial charge in [-0.15, -0.1) is 0 Å². The first-order chi connectivity index (χ1) is 8.95. The van der Waals surface area contributed by atoms with Crippen molar-refractivity contribution in [1.82, 2.24) is 5.32 Å². The summed E-state index contributed by atoms with van der Waals surface area (Å²) >= 11 is 3.24. The summed E-state index contributed by atoms with van der Waals surface area (Å²) in [5.41, 5.74) is 1.53. The molecule has 0 unspecified atom stereocenters. The van der Waals surface area contributed by atoms with E-state index in [4.69, 9.17) is 4.74 Å². The van der Waals surface area contributed by atoms with Gasteiger partial charge in [-0.05, 0) is 30.7 Å². The van der Waals surface area contributed by atoms with Crippen molar-refractivity contribution in [2.75, 3.05) is 19.7 Å². The van der Waals surface area contributed by atoms with Crippen molar-refractivity contribution >= 4 is 21.6 Å². The Labute approximate surface area is 120 Å². The van der Waals surface area contributed by atoms with Crippen LogP contribution in [0.2, 0.25) is 0 Å². The monoisotopic (exact) mass is 328 g/mol. The maximum atomic E-state index is 11.0. The molecule has 0 aromatic heterocycles. The second kappa shape index (κ2) is 7.25. The average molecular weight is 329 g/mol. The number of aryl methyl sites for hydroxylation is 1. The Balaban J connectivity index is 2.83. The van der Waals surface area contributed by atoms with Gasteiger partial charge in [-0.3, -0.25) is 10.1 Å². The van der Waals surface area contributed by atoms with Crippen LogP contribution in [-0.4, -0.2) is 24.6 Å². The Bertz CT molecular complexity index is 489. The highest BCUT2D eigenvalue weighted by molar-refractivity contribution is 9.10. The van der Waals surface area contributed by atoms with Crippen molar-refractivity contribution in [3.05, 3.63) is 44.4 Å². The minimum atomic E-state index is -0.444. The Morgan fingerprint density at radius 1 is 1.58 bits per heavy atom. The van der Waals surface area contributed by atoms with Gasteiger partial charge in [0.05, 0.1) is 4.92 Å². The average Bonchev–Trinajstić information content (AvgIpc) is 2.34. The van der Waals surface area contributed by atoms with Crippen LogP contribution in [0.15, 0.2) is 28.8 Å². The van der Waals surface area contributed by atoms with Gasteiger partial charge in [0.15, 0.2) is 5.75 Å². The van der Waals surface area contributed by atoms with E-state index in [0.29, 0.717) is 16.8 Å². The Morgan fingerprint density at radius 2 is 2.26 bits per heavy atom. The summed E-state index contributed by atoms with van der Waals surface area (Å²) in [5.74, 6) is 0.297. The number of nitro benzene ring substituents is 1. The first kappa shape index (κ1) is 15.7. The number of hydrogen-bond donors (Lipinski definition) is 1. The SMILES string of the molecule is C=C(CNCC)COc1c(C)cc(Br)cc1[N+](=O)[O-]. The molecule has 0 fully saturated rings. The van der Waals surface area contributed by atoms with E-state index in [2.05, 4.69) is 27.8 Å². The van der Waals surface area contributed by atoms with Crippen molar-refractivity contribution in [2.24, 2.45) is 0 Å². The third-order valence-electron chi connectivity index (χ3n) is 2.46. The van der Waals surface area contributed by atoms with Crippen LogP contribution < -0.4 is 10.1 Å². The van der Waals surface area contributed by atoms with Crippen molar-refractivity contribution in [2.45, 2.75) is 13.8 Å². The molecule has 0 spiro atoms. The Morgan fingerprint density at radius 3 is 2.84 bits per heavy atom. The molecule has 0 bridgehead atoms. The summed E-state index contributed by atoms with van der Waals surface area (Å²) < 4.78 is 6.20. The molecule has 0 heterocycles. The van der Waals surface area contributed by atoms with Crippen LogP contribution in [0.25, 0.3) is 0 Å². The van der Waals surface area contributed by atoms with Gasteiger partial charge in [0.1, 0.15) is 6.61 Å². The van der Waals surface area contributed by atoms with E-state index < -0.39 is 4.92 Å². The minimum Gasteiger partial charge on any atom is -0.482 e. The van der Waals surface area contributed by atoms with Gasteiger partial charge in [-0.1, -0.05) is 29.4 Å². The fourth-order valence-corrected chi connectivity index (χ4v) is 2.12. The molecule has 19 heavy (non-hydrogen) atoms. The molecule has 1 N–H and O–H groups in total. The summed E-state index contributed by atoms with van der Waals surface area (Å²) in [6, 6.07) is 3.23. The standard InChI is InChI=1S/C13H17BrN2O3/c1-4-15-7-9(2)8-19-13-10(3)5-11(14)6-12(13)16(17)18/h5-6,15H,2,4,7-8H2,1,3H3. The van der Waals surface area contributed by atoms with Crippen LogP contribution in [0.1, 0.15) is 12.5 Å². The highest BCUT2D eigenvalue weighted by Crippen LogP contribution is 2.34. The lowest BCUT2D eigenvalue weighted by molar-refractivity contribution is -0.385. The van der Waals surface area contributed by atoms with Gasteiger partial charge in [0, 0.05) is 17.1 Å². The van der Waals surface area contributed by atoms with E-state index in [1.807, 2.05) is 6.92 Å². The van der Waals surface area contributed by atoms with Crippen LogP contribution in [0.4, 0.5) is 5.69 Å². The third-order valence-corrected chi connectivity index (χ3v) is 2.92. The molecule has 0 saturated heterocycles. The number of benzene rings is 1. The fourth-order valence-electron chi connectivity index (χ4n) is 1.56. The van der Waals surface area contributed by atoms with E-state index >= 15 is 0 Å². The highest BCUT2D eigenvalue weighted by atomic mass is 79.9.